The van der Waals surface area contributed by atoms with Crippen LogP contribution < -0.4 is 5.32 Å². The Balaban J connectivity index is 2.06. The van der Waals surface area contributed by atoms with Gasteiger partial charge in [-0.15, -0.1) is 0 Å². The summed E-state index contributed by atoms with van der Waals surface area (Å²) in [5.41, 5.74) is 3.37. The lowest BCUT2D eigenvalue weighted by Crippen LogP contribution is -2.16. The fourth-order valence-corrected chi connectivity index (χ4v) is 2.41. The van der Waals surface area contributed by atoms with E-state index in [9.17, 15) is 0 Å². The number of aromatic nitrogens is 1. The molecule has 1 atom stereocenters. The van der Waals surface area contributed by atoms with E-state index in [4.69, 9.17) is 4.42 Å². The van der Waals surface area contributed by atoms with Gasteiger partial charge in [0.15, 0.2) is 0 Å². The van der Waals surface area contributed by atoms with Gasteiger partial charge in [-0.25, -0.2) is 0 Å². The summed E-state index contributed by atoms with van der Waals surface area (Å²) in [6.45, 7) is 1.96. The molecule has 1 aromatic carbocycles. The standard InChI is InChI=1S/C16H16N2O/c1-11-8-14(10-19-11)16(17-2)13-5-6-15-12(9-13)4-3-7-18-15/h3-10,16-17H,1-2H3. The van der Waals surface area contributed by atoms with E-state index >= 15 is 0 Å². The molecule has 1 unspecified atom stereocenters. The highest BCUT2D eigenvalue weighted by atomic mass is 16.3. The summed E-state index contributed by atoms with van der Waals surface area (Å²) in [6, 6.07) is 12.6. The Labute approximate surface area is 112 Å². The summed E-state index contributed by atoms with van der Waals surface area (Å²) in [6.07, 6.45) is 3.63. The maximum atomic E-state index is 5.40. The quantitative estimate of drug-likeness (QED) is 0.776. The lowest BCUT2D eigenvalue weighted by Gasteiger charge is -2.15. The SMILES string of the molecule is CNC(c1coc(C)c1)c1ccc2ncccc2c1. The fraction of sp³-hybridized carbons (Fsp3) is 0.188. The zero-order valence-electron chi connectivity index (χ0n) is 11.1. The number of rotatable bonds is 3. The lowest BCUT2D eigenvalue weighted by molar-refractivity contribution is 0.528. The van der Waals surface area contributed by atoms with Crippen LogP contribution in [0.4, 0.5) is 0 Å². The van der Waals surface area contributed by atoms with Crippen LogP contribution in [0.15, 0.2) is 53.3 Å². The van der Waals surface area contributed by atoms with Crippen molar-refractivity contribution in [3.63, 3.8) is 0 Å². The van der Waals surface area contributed by atoms with Crippen molar-refractivity contribution in [2.45, 2.75) is 13.0 Å². The van der Waals surface area contributed by atoms with Crippen LogP contribution in [0, 0.1) is 6.92 Å². The zero-order chi connectivity index (χ0) is 13.2. The number of pyridine rings is 1. The first kappa shape index (κ1) is 11.9. The summed E-state index contributed by atoms with van der Waals surface area (Å²) in [4.78, 5) is 4.35. The van der Waals surface area contributed by atoms with Crippen LogP contribution in [0.5, 0.6) is 0 Å². The zero-order valence-corrected chi connectivity index (χ0v) is 11.1. The molecule has 3 heteroatoms. The number of benzene rings is 1. The molecule has 0 fully saturated rings. The Kier molecular flexibility index (Phi) is 3.05. The predicted octanol–water partition coefficient (Wildman–Crippen LogP) is 3.45. The molecule has 19 heavy (non-hydrogen) atoms. The van der Waals surface area contributed by atoms with Crippen LogP contribution >= 0.6 is 0 Å². The lowest BCUT2D eigenvalue weighted by atomic mass is 9.99. The number of hydrogen-bond donors (Lipinski definition) is 1. The Bertz CT molecular complexity index is 703. The second-order valence-electron chi connectivity index (χ2n) is 4.67. The highest BCUT2D eigenvalue weighted by Crippen LogP contribution is 2.25. The first-order chi connectivity index (χ1) is 9.28. The molecule has 3 aromatic rings. The molecule has 2 heterocycles. The Morgan fingerprint density at radius 2 is 2.05 bits per heavy atom. The second kappa shape index (κ2) is 4.86. The number of nitrogens with one attached hydrogen (secondary N) is 1. The van der Waals surface area contributed by atoms with E-state index in [2.05, 4.69) is 40.6 Å². The third-order valence-electron chi connectivity index (χ3n) is 3.33. The number of nitrogens with zero attached hydrogens (tertiary/aromatic N) is 1. The van der Waals surface area contributed by atoms with E-state index in [0.717, 1.165) is 22.2 Å². The van der Waals surface area contributed by atoms with E-state index in [1.54, 1.807) is 0 Å². The summed E-state index contributed by atoms with van der Waals surface area (Å²) >= 11 is 0. The summed E-state index contributed by atoms with van der Waals surface area (Å²) in [5.74, 6) is 0.928. The molecule has 0 aliphatic heterocycles. The van der Waals surface area contributed by atoms with Gasteiger partial charge in [-0.2, -0.15) is 0 Å². The average Bonchev–Trinajstić information content (AvgIpc) is 2.86. The normalized spacial score (nSPS) is 12.7. The maximum absolute atomic E-state index is 5.40. The van der Waals surface area contributed by atoms with Crippen molar-refractivity contribution in [3.05, 3.63) is 65.7 Å². The molecule has 2 aromatic heterocycles. The van der Waals surface area contributed by atoms with Gasteiger partial charge in [0.05, 0.1) is 17.8 Å². The van der Waals surface area contributed by atoms with Crippen LogP contribution in [0.2, 0.25) is 0 Å². The molecule has 3 nitrogen and oxygen atoms in total. The van der Waals surface area contributed by atoms with Crippen LogP contribution in [-0.2, 0) is 0 Å². The van der Waals surface area contributed by atoms with Gasteiger partial charge in [0.2, 0.25) is 0 Å². The summed E-state index contributed by atoms with van der Waals surface area (Å²) < 4.78 is 5.40. The Morgan fingerprint density at radius 3 is 2.79 bits per heavy atom. The smallest absolute Gasteiger partial charge is 0.101 e. The van der Waals surface area contributed by atoms with Crippen molar-refractivity contribution in [1.82, 2.24) is 10.3 Å². The monoisotopic (exact) mass is 252 g/mol. The van der Waals surface area contributed by atoms with Crippen LogP contribution in [0.3, 0.4) is 0 Å². The van der Waals surface area contributed by atoms with E-state index in [1.807, 2.05) is 32.5 Å². The van der Waals surface area contributed by atoms with Crippen molar-refractivity contribution in [2.75, 3.05) is 7.05 Å². The molecule has 0 radical (unpaired) electrons. The second-order valence-corrected chi connectivity index (χ2v) is 4.67. The Hall–Kier alpha value is -2.13. The molecule has 96 valence electrons. The van der Waals surface area contributed by atoms with Gasteiger partial charge in [-0.1, -0.05) is 12.1 Å². The third kappa shape index (κ3) is 2.25. The van der Waals surface area contributed by atoms with Crippen molar-refractivity contribution >= 4 is 10.9 Å². The van der Waals surface area contributed by atoms with Crippen LogP contribution in [0.25, 0.3) is 10.9 Å². The molecular weight excluding hydrogens is 236 g/mol. The number of furan rings is 1. The predicted molar refractivity (Wildman–Crippen MR) is 76.1 cm³/mol. The molecule has 0 spiro atoms. The number of hydrogen-bond acceptors (Lipinski definition) is 3. The number of fused-ring (bicyclic) bond motifs is 1. The van der Waals surface area contributed by atoms with Crippen LogP contribution in [-0.4, -0.2) is 12.0 Å². The molecule has 0 saturated heterocycles. The first-order valence-electron chi connectivity index (χ1n) is 6.35. The minimum absolute atomic E-state index is 0.141. The Morgan fingerprint density at radius 1 is 1.16 bits per heavy atom. The van der Waals surface area contributed by atoms with Crippen molar-refractivity contribution in [3.8, 4) is 0 Å². The molecule has 0 aliphatic rings. The minimum atomic E-state index is 0.141. The van der Waals surface area contributed by atoms with Gasteiger partial charge >= 0.3 is 0 Å². The van der Waals surface area contributed by atoms with Gasteiger partial charge in [-0.05, 0) is 43.8 Å². The molecule has 0 amide bonds. The molecule has 1 N–H and O–H groups in total. The molecular formula is C16H16N2O. The topological polar surface area (TPSA) is 38.1 Å². The summed E-state index contributed by atoms with van der Waals surface area (Å²) in [7, 11) is 1.96. The summed E-state index contributed by atoms with van der Waals surface area (Å²) in [5, 5.41) is 4.49. The fourth-order valence-electron chi connectivity index (χ4n) is 2.41. The molecule has 0 bridgehead atoms. The van der Waals surface area contributed by atoms with Crippen molar-refractivity contribution in [1.29, 1.82) is 0 Å². The largest absolute Gasteiger partial charge is 0.469 e. The molecule has 0 saturated carbocycles. The van der Waals surface area contributed by atoms with Gasteiger partial charge < -0.3 is 9.73 Å². The van der Waals surface area contributed by atoms with Crippen LogP contribution in [0.1, 0.15) is 22.9 Å². The van der Waals surface area contributed by atoms with Gasteiger partial charge in [0.25, 0.3) is 0 Å². The van der Waals surface area contributed by atoms with E-state index in [-0.39, 0.29) is 6.04 Å². The van der Waals surface area contributed by atoms with E-state index in [1.165, 1.54) is 5.56 Å². The molecule has 0 aliphatic carbocycles. The highest BCUT2D eigenvalue weighted by molar-refractivity contribution is 5.79. The van der Waals surface area contributed by atoms with Crippen molar-refractivity contribution in [2.24, 2.45) is 0 Å². The highest BCUT2D eigenvalue weighted by Gasteiger charge is 2.14. The maximum Gasteiger partial charge on any atom is 0.101 e. The number of aryl methyl sites for hydroxylation is 1. The van der Waals surface area contributed by atoms with Gasteiger partial charge in [0.1, 0.15) is 5.76 Å². The van der Waals surface area contributed by atoms with Gasteiger partial charge in [-0.3, -0.25) is 4.98 Å². The molecule has 3 rings (SSSR count). The average molecular weight is 252 g/mol. The third-order valence-corrected chi connectivity index (χ3v) is 3.33. The van der Waals surface area contributed by atoms with E-state index < -0.39 is 0 Å². The first-order valence-corrected chi connectivity index (χ1v) is 6.35. The van der Waals surface area contributed by atoms with Gasteiger partial charge in [0, 0.05) is 17.1 Å². The van der Waals surface area contributed by atoms with Crippen molar-refractivity contribution < 1.29 is 4.42 Å². The van der Waals surface area contributed by atoms with E-state index in [0.29, 0.717) is 0 Å². The minimum Gasteiger partial charge on any atom is -0.469 e.